The fraction of sp³-hybridized carbons (Fsp3) is 0.875. The molecule has 0 saturated carbocycles. The van der Waals surface area contributed by atoms with E-state index in [2.05, 4.69) is 0 Å². The molecule has 0 spiro atoms. The molecule has 4 nitrogen and oxygen atoms in total. The molecule has 1 rings (SSSR count). The van der Waals surface area contributed by atoms with E-state index in [1.54, 1.807) is 0 Å². The minimum absolute atomic E-state index is 0.203. The first-order valence-corrected chi connectivity index (χ1v) is 4.33. The predicted octanol–water partition coefficient (Wildman–Crippen LogP) is -0.527. The third-order valence-electron chi connectivity index (χ3n) is 2.38. The fourth-order valence-electron chi connectivity index (χ4n) is 1.62. The molecule has 1 heterocycles. The van der Waals surface area contributed by atoms with E-state index in [0.29, 0.717) is 13.2 Å². The van der Waals surface area contributed by atoms with Gasteiger partial charge < -0.3 is 16.2 Å². The van der Waals surface area contributed by atoms with E-state index in [4.69, 9.17) is 16.2 Å². The van der Waals surface area contributed by atoms with E-state index in [9.17, 15) is 4.79 Å². The SMILES string of the molecule is NCC(C(N)=O)C1CCCOC1. The molecule has 1 amide bonds. The van der Waals surface area contributed by atoms with Crippen LogP contribution in [0.15, 0.2) is 0 Å². The highest BCUT2D eigenvalue weighted by atomic mass is 16.5. The Hall–Kier alpha value is -0.610. The Morgan fingerprint density at radius 2 is 2.42 bits per heavy atom. The monoisotopic (exact) mass is 172 g/mol. The van der Waals surface area contributed by atoms with Gasteiger partial charge in [0.15, 0.2) is 0 Å². The van der Waals surface area contributed by atoms with Crippen molar-refractivity contribution < 1.29 is 9.53 Å². The Morgan fingerprint density at radius 1 is 1.67 bits per heavy atom. The van der Waals surface area contributed by atoms with Gasteiger partial charge in [-0.3, -0.25) is 4.79 Å². The summed E-state index contributed by atoms with van der Waals surface area (Å²) in [7, 11) is 0. The zero-order valence-corrected chi connectivity index (χ0v) is 7.16. The summed E-state index contributed by atoms with van der Waals surface area (Å²) < 4.78 is 5.25. The van der Waals surface area contributed by atoms with Crippen molar-refractivity contribution >= 4 is 5.91 Å². The number of carbonyl (C=O) groups is 1. The normalized spacial score (nSPS) is 26.6. The number of hydrogen-bond donors (Lipinski definition) is 2. The van der Waals surface area contributed by atoms with Crippen molar-refractivity contribution in [3.8, 4) is 0 Å². The Morgan fingerprint density at radius 3 is 2.83 bits per heavy atom. The zero-order valence-electron chi connectivity index (χ0n) is 7.16. The Labute approximate surface area is 72.2 Å². The van der Waals surface area contributed by atoms with Crippen molar-refractivity contribution in [2.75, 3.05) is 19.8 Å². The molecule has 1 aliphatic rings. The minimum Gasteiger partial charge on any atom is -0.381 e. The van der Waals surface area contributed by atoms with Crippen molar-refractivity contribution in [2.45, 2.75) is 12.8 Å². The van der Waals surface area contributed by atoms with Crippen LogP contribution in [0.2, 0.25) is 0 Å². The molecular formula is C8H16N2O2. The van der Waals surface area contributed by atoms with Crippen molar-refractivity contribution in [1.82, 2.24) is 0 Å². The summed E-state index contributed by atoms with van der Waals surface area (Å²) >= 11 is 0. The van der Waals surface area contributed by atoms with Gasteiger partial charge in [-0.2, -0.15) is 0 Å². The first kappa shape index (κ1) is 9.48. The second kappa shape index (κ2) is 4.42. The van der Waals surface area contributed by atoms with Gasteiger partial charge in [0.2, 0.25) is 5.91 Å². The highest BCUT2D eigenvalue weighted by Crippen LogP contribution is 2.21. The maximum atomic E-state index is 10.9. The van der Waals surface area contributed by atoms with Crippen LogP contribution in [0.4, 0.5) is 0 Å². The highest BCUT2D eigenvalue weighted by Gasteiger charge is 2.26. The largest absolute Gasteiger partial charge is 0.381 e. The lowest BCUT2D eigenvalue weighted by molar-refractivity contribution is -0.124. The van der Waals surface area contributed by atoms with Gasteiger partial charge in [-0.05, 0) is 18.8 Å². The molecule has 0 aromatic heterocycles. The van der Waals surface area contributed by atoms with E-state index in [-0.39, 0.29) is 17.7 Å². The first-order valence-electron chi connectivity index (χ1n) is 4.33. The van der Waals surface area contributed by atoms with E-state index in [1.165, 1.54) is 0 Å². The van der Waals surface area contributed by atoms with Crippen LogP contribution in [0.25, 0.3) is 0 Å². The average Bonchev–Trinajstić information content (AvgIpc) is 2.07. The molecule has 12 heavy (non-hydrogen) atoms. The van der Waals surface area contributed by atoms with Gasteiger partial charge in [-0.25, -0.2) is 0 Å². The van der Waals surface area contributed by atoms with Crippen molar-refractivity contribution in [3.05, 3.63) is 0 Å². The second-order valence-electron chi connectivity index (χ2n) is 3.22. The summed E-state index contributed by atoms with van der Waals surface area (Å²) in [5.74, 6) is -0.264. The van der Waals surface area contributed by atoms with Crippen molar-refractivity contribution in [3.63, 3.8) is 0 Å². The van der Waals surface area contributed by atoms with Gasteiger partial charge in [0, 0.05) is 13.2 Å². The molecule has 1 saturated heterocycles. The topological polar surface area (TPSA) is 78.3 Å². The number of amides is 1. The third kappa shape index (κ3) is 2.19. The van der Waals surface area contributed by atoms with E-state index >= 15 is 0 Å². The van der Waals surface area contributed by atoms with Gasteiger partial charge >= 0.3 is 0 Å². The molecule has 2 atom stereocenters. The van der Waals surface area contributed by atoms with Gasteiger partial charge in [0.25, 0.3) is 0 Å². The van der Waals surface area contributed by atoms with Gasteiger partial charge in [-0.1, -0.05) is 0 Å². The molecule has 0 bridgehead atoms. The van der Waals surface area contributed by atoms with Crippen LogP contribution >= 0.6 is 0 Å². The lowest BCUT2D eigenvalue weighted by Crippen LogP contribution is -2.39. The van der Waals surface area contributed by atoms with Crippen molar-refractivity contribution in [1.29, 1.82) is 0 Å². The molecule has 4 heteroatoms. The van der Waals surface area contributed by atoms with E-state index in [1.807, 2.05) is 0 Å². The quantitative estimate of drug-likeness (QED) is 0.601. The fourth-order valence-corrected chi connectivity index (χ4v) is 1.62. The molecule has 0 aromatic carbocycles. The molecular weight excluding hydrogens is 156 g/mol. The van der Waals surface area contributed by atoms with Gasteiger partial charge in [-0.15, -0.1) is 0 Å². The Bertz CT molecular complexity index is 155. The van der Waals surface area contributed by atoms with Crippen LogP contribution in [0.1, 0.15) is 12.8 Å². The second-order valence-corrected chi connectivity index (χ2v) is 3.22. The third-order valence-corrected chi connectivity index (χ3v) is 2.38. The number of primary amides is 1. The standard InChI is InChI=1S/C8H16N2O2/c9-4-7(8(10)11)6-2-1-3-12-5-6/h6-7H,1-5,9H2,(H2,10,11). The lowest BCUT2D eigenvalue weighted by Gasteiger charge is -2.27. The van der Waals surface area contributed by atoms with Gasteiger partial charge in [0.05, 0.1) is 12.5 Å². The summed E-state index contributed by atoms with van der Waals surface area (Å²) in [5.41, 5.74) is 10.7. The summed E-state index contributed by atoms with van der Waals surface area (Å²) in [4.78, 5) is 10.9. The molecule has 1 fully saturated rings. The van der Waals surface area contributed by atoms with Crippen LogP contribution in [0.3, 0.4) is 0 Å². The van der Waals surface area contributed by atoms with Crippen LogP contribution in [-0.4, -0.2) is 25.7 Å². The number of carbonyl (C=O) groups excluding carboxylic acids is 1. The van der Waals surface area contributed by atoms with Crippen molar-refractivity contribution in [2.24, 2.45) is 23.3 Å². The molecule has 0 aromatic rings. The molecule has 2 unspecified atom stereocenters. The maximum Gasteiger partial charge on any atom is 0.222 e. The van der Waals surface area contributed by atoms with Crippen LogP contribution in [0.5, 0.6) is 0 Å². The average molecular weight is 172 g/mol. The lowest BCUT2D eigenvalue weighted by atomic mass is 9.87. The summed E-state index contributed by atoms with van der Waals surface area (Å²) in [6.45, 7) is 1.76. The Balaban J connectivity index is 2.46. The van der Waals surface area contributed by atoms with E-state index in [0.717, 1.165) is 19.4 Å². The maximum absolute atomic E-state index is 10.9. The highest BCUT2D eigenvalue weighted by molar-refractivity contribution is 5.77. The summed E-state index contributed by atoms with van der Waals surface area (Å²) in [6.07, 6.45) is 2.01. The first-order chi connectivity index (χ1) is 5.75. The smallest absolute Gasteiger partial charge is 0.222 e. The number of ether oxygens (including phenoxy) is 1. The van der Waals surface area contributed by atoms with Crippen LogP contribution in [-0.2, 0) is 9.53 Å². The molecule has 4 N–H and O–H groups in total. The zero-order chi connectivity index (χ0) is 8.97. The minimum atomic E-state index is -0.298. The van der Waals surface area contributed by atoms with Crippen LogP contribution in [0, 0.1) is 11.8 Å². The number of nitrogens with two attached hydrogens (primary N) is 2. The summed E-state index contributed by atoms with van der Waals surface area (Å²) in [5, 5.41) is 0. The molecule has 1 aliphatic heterocycles. The van der Waals surface area contributed by atoms with Crippen LogP contribution < -0.4 is 11.5 Å². The Kier molecular flexibility index (Phi) is 3.49. The number of rotatable bonds is 3. The molecule has 70 valence electrons. The predicted molar refractivity (Wildman–Crippen MR) is 45.3 cm³/mol. The molecule has 0 radical (unpaired) electrons. The molecule has 0 aliphatic carbocycles. The van der Waals surface area contributed by atoms with E-state index < -0.39 is 0 Å². The van der Waals surface area contributed by atoms with Gasteiger partial charge in [0.1, 0.15) is 0 Å². The summed E-state index contributed by atoms with van der Waals surface area (Å²) in [6, 6.07) is 0. The number of hydrogen-bond acceptors (Lipinski definition) is 3.